The predicted octanol–water partition coefficient (Wildman–Crippen LogP) is 1.53. The first-order valence-electron chi connectivity index (χ1n) is 3.75. The van der Waals surface area contributed by atoms with Crippen molar-refractivity contribution in [2.75, 3.05) is 13.7 Å². The molecule has 0 unspecified atom stereocenters. The van der Waals surface area contributed by atoms with Gasteiger partial charge in [0.2, 0.25) is 0 Å². The molecule has 66 valence electrons. The summed E-state index contributed by atoms with van der Waals surface area (Å²) in [6.45, 7) is 0.746. The molecule has 0 aliphatic carbocycles. The lowest BCUT2D eigenvalue weighted by Crippen LogP contribution is -1.91. The van der Waals surface area contributed by atoms with Crippen LogP contribution in [0.15, 0.2) is 6.20 Å². The van der Waals surface area contributed by atoms with Crippen LogP contribution in [-0.2, 0) is 11.2 Å². The van der Waals surface area contributed by atoms with Crippen molar-refractivity contribution in [2.24, 2.45) is 0 Å². The van der Waals surface area contributed by atoms with E-state index in [9.17, 15) is 4.79 Å². The van der Waals surface area contributed by atoms with Gasteiger partial charge >= 0.3 is 0 Å². The summed E-state index contributed by atoms with van der Waals surface area (Å²) in [5.74, 6) is 0. The van der Waals surface area contributed by atoms with E-state index in [1.165, 1.54) is 11.3 Å². The Labute approximate surface area is 75.4 Å². The van der Waals surface area contributed by atoms with Crippen LogP contribution in [-0.4, -0.2) is 25.0 Å². The molecular formula is C8H11NO2S. The Morgan fingerprint density at radius 3 is 3.17 bits per heavy atom. The van der Waals surface area contributed by atoms with Gasteiger partial charge in [0.1, 0.15) is 0 Å². The first kappa shape index (κ1) is 9.35. The molecule has 0 saturated heterocycles. The maximum atomic E-state index is 10.3. The lowest BCUT2D eigenvalue weighted by molar-refractivity contribution is 0.112. The van der Waals surface area contributed by atoms with E-state index in [2.05, 4.69) is 4.98 Å². The van der Waals surface area contributed by atoms with Crippen LogP contribution in [0.3, 0.4) is 0 Å². The van der Waals surface area contributed by atoms with Crippen LogP contribution in [0, 0.1) is 0 Å². The first-order chi connectivity index (χ1) is 5.86. The number of rotatable bonds is 5. The second-order valence-electron chi connectivity index (χ2n) is 2.37. The summed E-state index contributed by atoms with van der Waals surface area (Å²) in [5.41, 5.74) is 0. The van der Waals surface area contributed by atoms with Gasteiger partial charge in [-0.1, -0.05) is 0 Å². The van der Waals surface area contributed by atoms with E-state index >= 15 is 0 Å². The molecular weight excluding hydrogens is 174 g/mol. The molecule has 0 amide bonds. The summed E-state index contributed by atoms with van der Waals surface area (Å²) in [7, 11) is 1.68. The number of aromatic nitrogens is 1. The van der Waals surface area contributed by atoms with E-state index in [-0.39, 0.29) is 0 Å². The molecule has 0 aliphatic rings. The Balaban J connectivity index is 2.36. The van der Waals surface area contributed by atoms with Gasteiger partial charge in [0.05, 0.1) is 9.88 Å². The van der Waals surface area contributed by atoms with E-state index in [4.69, 9.17) is 4.74 Å². The summed E-state index contributed by atoms with van der Waals surface area (Å²) < 4.78 is 4.90. The molecule has 0 atom stereocenters. The molecule has 0 radical (unpaired) electrons. The lowest BCUT2D eigenvalue weighted by Gasteiger charge is -1.94. The Morgan fingerprint density at radius 1 is 1.75 bits per heavy atom. The number of aryl methyl sites for hydroxylation is 1. The molecule has 0 spiro atoms. The Kier molecular flexibility index (Phi) is 3.90. The van der Waals surface area contributed by atoms with Crippen molar-refractivity contribution in [1.82, 2.24) is 4.98 Å². The maximum absolute atomic E-state index is 10.3. The zero-order chi connectivity index (χ0) is 8.81. The molecule has 0 fully saturated rings. The fraction of sp³-hybridized carbons (Fsp3) is 0.500. The van der Waals surface area contributed by atoms with Gasteiger partial charge in [0.25, 0.3) is 0 Å². The predicted molar refractivity (Wildman–Crippen MR) is 47.7 cm³/mol. The largest absolute Gasteiger partial charge is 0.385 e. The molecule has 1 aromatic heterocycles. The fourth-order valence-electron chi connectivity index (χ4n) is 0.862. The molecule has 12 heavy (non-hydrogen) atoms. The van der Waals surface area contributed by atoms with Gasteiger partial charge in [-0.15, -0.1) is 11.3 Å². The van der Waals surface area contributed by atoms with Gasteiger partial charge in [-0.2, -0.15) is 0 Å². The smallest absolute Gasteiger partial charge is 0.161 e. The molecule has 0 aliphatic heterocycles. The van der Waals surface area contributed by atoms with Gasteiger partial charge in [0.15, 0.2) is 6.29 Å². The molecule has 0 saturated carbocycles. The quantitative estimate of drug-likeness (QED) is 0.516. The number of carbonyl (C=O) groups is 1. The fourth-order valence-corrected chi connectivity index (χ4v) is 1.64. The monoisotopic (exact) mass is 185 g/mol. The number of hydrogen-bond acceptors (Lipinski definition) is 4. The summed E-state index contributed by atoms with van der Waals surface area (Å²) in [6, 6.07) is 0. The molecule has 0 bridgehead atoms. The minimum Gasteiger partial charge on any atom is -0.385 e. The molecule has 3 nitrogen and oxygen atoms in total. The van der Waals surface area contributed by atoms with Crippen molar-refractivity contribution < 1.29 is 9.53 Å². The standard InChI is InChI=1S/C8H11NO2S/c1-11-4-2-3-8-9-5-7(6-10)12-8/h5-6H,2-4H2,1H3. The van der Waals surface area contributed by atoms with E-state index < -0.39 is 0 Å². The van der Waals surface area contributed by atoms with Gasteiger partial charge in [-0.3, -0.25) is 4.79 Å². The maximum Gasteiger partial charge on any atom is 0.161 e. The number of carbonyl (C=O) groups excluding carboxylic acids is 1. The van der Waals surface area contributed by atoms with Crippen LogP contribution in [0.25, 0.3) is 0 Å². The number of hydrogen-bond donors (Lipinski definition) is 0. The Bertz CT molecular complexity index is 247. The van der Waals surface area contributed by atoms with Gasteiger partial charge < -0.3 is 4.74 Å². The summed E-state index contributed by atoms with van der Waals surface area (Å²) in [6.07, 6.45) is 4.30. The highest BCUT2D eigenvalue weighted by Crippen LogP contribution is 2.12. The van der Waals surface area contributed by atoms with Crippen molar-refractivity contribution in [3.63, 3.8) is 0 Å². The normalized spacial score (nSPS) is 10.1. The van der Waals surface area contributed by atoms with Crippen LogP contribution >= 0.6 is 11.3 Å². The van der Waals surface area contributed by atoms with Crippen LogP contribution in [0.4, 0.5) is 0 Å². The van der Waals surface area contributed by atoms with Crippen LogP contribution in [0.2, 0.25) is 0 Å². The average molecular weight is 185 g/mol. The van der Waals surface area contributed by atoms with E-state index in [1.54, 1.807) is 13.3 Å². The van der Waals surface area contributed by atoms with Gasteiger partial charge in [-0.25, -0.2) is 4.98 Å². The van der Waals surface area contributed by atoms with Crippen molar-refractivity contribution in [1.29, 1.82) is 0 Å². The third-order valence-electron chi connectivity index (χ3n) is 1.43. The highest BCUT2D eigenvalue weighted by Gasteiger charge is 1.99. The SMILES string of the molecule is COCCCc1ncc(C=O)s1. The number of aldehydes is 1. The Hall–Kier alpha value is -0.740. The zero-order valence-electron chi connectivity index (χ0n) is 6.95. The summed E-state index contributed by atoms with van der Waals surface area (Å²) in [5, 5.41) is 1.01. The first-order valence-corrected chi connectivity index (χ1v) is 4.57. The molecule has 0 N–H and O–H groups in total. The van der Waals surface area contributed by atoms with Crippen LogP contribution in [0.5, 0.6) is 0 Å². The second kappa shape index (κ2) is 5.00. The van der Waals surface area contributed by atoms with Gasteiger partial charge in [-0.05, 0) is 6.42 Å². The number of ether oxygens (including phenoxy) is 1. The van der Waals surface area contributed by atoms with Crippen LogP contribution < -0.4 is 0 Å². The highest BCUT2D eigenvalue weighted by molar-refractivity contribution is 7.13. The number of nitrogens with zero attached hydrogens (tertiary/aromatic N) is 1. The molecule has 1 rings (SSSR count). The summed E-state index contributed by atoms with van der Waals surface area (Å²) >= 11 is 1.45. The van der Waals surface area contributed by atoms with Crippen molar-refractivity contribution >= 4 is 17.6 Å². The van der Waals surface area contributed by atoms with Crippen molar-refractivity contribution in [2.45, 2.75) is 12.8 Å². The van der Waals surface area contributed by atoms with Crippen molar-refractivity contribution in [3.8, 4) is 0 Å². The third-order valence-corrected chi connectivity index (χ3v) is 2.41. The van der Waals surface area contributed by atoms with Crippen LogP contribution in [0.1, 0.15) is 21.1 Å². The molecule has 0 aromatic carbocycles. The Morgan fingerprint density at radius 2 is 2.58 bits per heavy atom. The van der Waals surface area contributed by atoms with E-state index in [1.807, 2.05) is 0 Å². The third kappa shape index (κ3) is 2.71. The van der Waals surface area contributed by atoms with E-state index in [0.717, 1.165) is 30.7 Å². The van der Waals surface area contributed by atoms with E-state index in [0.29, 0.717) is 4.88 Å². The average Bonchev–Trinajstić information content (AvgIpc) is 2.53. The van der Waals surface area contributed by atoms with Gasteiger partial charge in [0, 0.05) is 26.3 Å². The molecule has 1 heterocycles. The topological polar surface area (TPSA) is 39.2 Å². The number of methoxy groups -OCH3 is 1. The lowest BCUT2D eigenvalue weighted by atomic mass is 10.3. The molecule has 4 heteroatoms. The van der Waals surface area contributed by atoms with Crippen molar-refractivity contribution in [3.05, 3.63) is 16.1 Å². The minimum atomic E-state index is 0.697. The number of thiazole rings is 1. The minimum absolute atomic E-state index is 0.697. The highest BCUT2D eigenvalue weighted by atomic mass is 32.1. The summed E-state index contributed by atoms with van der Waals surface area (Å²) in [4.78, 5) is 15.1. The second-order valence-corrected chi connectivity index (χ2v) is 3.52. The molecule has 1 aromatic rings. The zero-order valence-corrected chi connectivity index (χ0v) is 7.76.